The number of pyridine rings is 1. The molecule has 0 spiro atoms. The summed E-state index contributed by atoms with van der Waals surface area (Å²) in [4.78, 5) is 39.8. The molecule has 5 rings (SSSR count). The molecule has 0 saturated carbocycles. The Morgan fingerprint density at radius 1 is 0.964 bits per heavy atom. The molecule has 6 nitrogen and oxygen atoms in total. The van der Waals surface area contributed by atoms with Gasteiger partial charge in [-0.3, -0.25) is 14.4 Å². The van der Waals surface area contributed by atoms with Crippen LogP contribution in [-0.4, -0.2) is 16.7 Å². The molecule has 1 amide bonds. The largest absolute Gasteiger partial charge is 0.456 e. The van der Waals surface area contributed by atoms with Crippen LogP contribution in [0.15, 0.2) is 57.7 Å². The van der Waals surface area contributed by atoms with Gasteiger partial charge in [0.2, 0.25) is 0 Å². The molecule has 0 fully saturated rings. The van der Waals surface area contributed by atoms with E-state index in [1.807, 2.05) is 30.3 Å². The molecule has 0 saturated heterocycles. The third-order valence-corrected chi connectivity index (χ3v) is 5.14. The smallest absolute Gasteiger partial charge is 0.261 e. The van der Waals surface area contributed by atoms with E-state index in [9.17, 15) is 14.4 Å². The molecule has 0 unspecified atom stereocenters. The molecule has 6 heteroatoms. The van der Waals surface area contributed by atoms with Gasteiger partial charge in [-0.2, -0.15) is 0 Å². The van der Waals surface area contributed by atoms with Crippen LogP contribution in [0.25, 0.3) is 21.9 Å². The number of hydrogen-bond donors (Lipinski definition) is 2. The zero-order chi connectivity index (χ0) is 19.3. The average Bonchev–Trinajstić information content (AvgIpc) is 3.05. The second-order valence-corrected chi connectivity index (χ2v) is 6.94. The standard InChI is InChI=1S/C22H16N2O4/c25-18-6-3-5-17-15(18)11-16(22(27)24-17)21(26)23-12-8-9-14-13-4-1-2-7-19(13)28-20(14)10-12/h1-2,4,7-11H,3,5-6H2,(H,23,26)(H,24,27). The molecule has 4 aromatic rings. The molecule has 0 atom stereocenters. The van der Waals surface area contributed by atoms with Gasteiger partial charge in [-0.15, -0.1) is 0 Å². The maximum Gasteiger partial charge on any atom is 0.261 e. The monoisotopic (exact) mass is 372 g/mol. The van der Waals surface area contributed by atoms with Crippen LogP contribution in [0, 0.1) is 0 Å². The summed E-state index contributed by atoms with van der Waals surface area (Å²) in [7, 11) is 0. The summed E-state index contributed by atoms with van der Waals surface area (Å²) in [5.74, 6) is -0.604. The normalized spacial score (nSPS) is 13.6. The molecule has 28 heavy (non-hydrogen) atoms. The summed E-state index contributed by atoms with van der Waals surface area (Å²) < 4.78 is 5.83. The molecule has 2 aromatic heterocycles. The summed E-state index contributed by atoms with van der Waals surface area (Å²) >= 11 is 0. The zero-order valence-corrected chi connectivity index (χ0v) is 14.9. The summed E-state index contributed by atoms with van der Waals surface area (Å²) in [6, 6.07) is 14.5. The third-order valence-electron chi connectivity index (χ3n) is 5.14. The maximum absolute atomic E-state index is 12.7. The Morgan fingerprint density at radius 3 is 2.68 bits per heavy atom. The fourth-order valence-corrected chi connectivity index (χ4v) is 3.75. The van der Waals surface area contributed by atoms with Gasteiger partial charge in [0.25, 0.3) is 11.5 Å². The van der Waals surface area contributed by atoms with E-state index in [1.165, 1.54) is 6.07 Å². The fourth-order valence-electron chi connectivity index (χ4n) is 3.75. The predicted molar refractivity (Wildman–Crippen MR) is 106 cm³/mol. The van der Waals surface area contributed by atoms with Crippen molar-refractivity contribution in [1.29, 1.82) is 0 Å². The number of amides is 1. The van der Waals surface area contributed by atoms with E-state index >= 15 is 0 Å². The lowest BCUT2D eigenvalue weighted by Crippen LogP contribution is -2.27. The van der Waals surface area contributed by atoms with Crippen molar-refractivity contribution in [3.63, 3.8) is 0 Å². The number of benzene rings is 2. The lowest BCUT2D eigenvalue weighted by Gasteiger charge is -2.15. The Labute approximate surface area is 159 Å². The number of rotatable bonds is 2. The van der Waals surface area contributed by atoms with Crippen LogP contribution in [-0.2, 0) is 6.42 Å². The summed E-state index contributed by atoms with van der Waals surface area (Å²) in [5.41, 5.74) is 2.42. The lowest BCUT2D eigenvalue weighted by atomic mass is 9.93. The predicted octanol–water partition coefficient (Wildman–Crippen LogP) is 4.05. The molecule has 2 N–H and O–H groups in total. The molecule has 2 aromatic carbocycles. The summed E-state index contributed by atoms with van der Waals surface area (Å²) in [6.07, 6.45) is 1.79. The van der Waals surface area contributed by atoms with Crippen molar-refractivity contribution in [3.05, 3.63) is 75.7 Å². The number of Topliss-reactive ketones (excluding diaryl/α,β-unsaturated/α-hetero) is 1. The molecule has 2 heterocycles. The minimum atomic E-state index is -0.558. The maximum atomic E-state index is 12.7. The Balaban J connectivity index is 1.50. The summed E-state index contributed by atoms with van der Waals surface area (Å²) in [5, 5.41) is 4.68. The third kappa shape index (κ3) is 2.62. The van der Waals surface area contributed by atoms with Crippen LogP contribution < -0.4 is 10.9 Å². The highest BCUT2D eigenvalue weighted by Crippen LogP contribution is 2.30. The van der Waals surface area contributed by atoms with Crippen molar-refractivity contribution in [2.75, 3.05) is 5.32 Å². The topological polar surface area (TPSA) is 92.2 Å². The van der Waals surface area contributed by atoms with Crippen molar-refractivity contribution < 1.29 is 14.0 Å². The van der Waals surface area contributed by atoms with E-state index in [0.29, 0.717) is 41.8 Å². The highest BCUT2D eigenvalue weighted by Gasteiger charge is 2.22. The molecule has 138 valence electrons. The first-order valence-electron chi connectivity index (χ1n) is 9.12. The van der Waals surface area contributed by atoms with Crippen molar-refractivity contribution in [1.82, 2.24) is 4.98 Å². The molecule has 0 bridgehead atoms. The highest BCUT2D eigenvalue weighted by molar-refractivity contribution is 6.09. The van der Waals surface area contributed by atoms with Crippen LogP contribution in [0.3, 0.4) is 0 Å². The van der Waals surface area contributed by atoms with Crippen LogP contribution >= 0.6 is 0 Å². The van der Waals surface area contributed by atoms with E-state index in [1.54, 1.807) is 12.1 Å². The number of ketones is 1. The number of nitrogens with one attached hydrogen (secondary N) is 2. The number of aromatic amines is 1. The zero-order valence-electron chi connectivity index (χ0n) is 14.9. The van der Waals surface area contributed by atoms with Gasteiger partial charge in [0.1, 0.15) is 16.7 Å². The fraction of sp³-hybridized carbons (Fsp3) is 0.136. The number of hydrogen-bond acceptors (Lipinski definition) is 4. The number of carbonyl (C=O) groups excluding carboxylic acids is 2. The van der Waals surface area contributed by atoms with E-state index in [4.69, 9.17) is 4.42 Å². The van der Waals surface area contributed by atoms with Crippen molar-refractivity contribution in [2.24, 2.45) is 0 Å². The van der Waals surface area contributed by atoms with Gasteiger partial charge in [0, 0.05) is 40.2 Å². The Hall–Kier alpha value is -3.67. The van der Waals surface area contributed by atoms with Gasteiger partial charge in [0.05, 0.1) is 0 Å². The van der Waals surface area contributed by atoms with E-state index in [-0.39, 0.29) is 11.3 Å². The number of fused-ring (bicyclic) bond motifs is 4. The van der Waals surface area contributed by atoms with Crippen molar-refractivity contribution in [3.8, 4) is 0 Å². The number of aromatic nitrogens is 1. The van der Waals surface area contributed by atoms with Crippen LogP contribution in [0.5, 0.6) is 0 Å². The second-order valence-electron chi connectivity index (χ2n) is 6.94. The number of H-pyrrole nitrogens is 1. The summed E-state index contributed by atoms with van der Waals surface area (Å²) in [6.45, 7) is 0. The molecule has 0 radical (unpaired) electrons. The van der Waals surface area contributed by atoms with Crippen LogP contribution in [0.2, 0.25) is 0 Å². The van der Waals surface area contributed by atoms with Gasteiger partial charge < -0.3 is 14.7 Å². The second kappa shape index (κ2) is 6.20. The number of furan rings is 1. The minimum absolute atomic E-state index is 0.0461. The molecule has 1 aliphatic carbocycles. The molecule has 1 aliphatic rings. The Kier molecular flexibility index (Phi) is 3.65. The number of carbonyl (C=O) groups is 2. The van der Waals surface area contributed by atoms with Crippen molar-refractivity contribution in [2.45, 2.75) is 19.3 Å². The van der Waals surface area contributed by atoms with Gasteiger partial charge >= 0.3 is 0 Å². The Morgan fingerprint density at radius 2 is 1.79 bits per heavy atom. The first kappa shape index (κ1) is 16.5. The molecular formula is C22H16N2O4. The lowest BCUT2D eigenvalue weighted by molar-refractivity contribution is 0.0971. The van der Waals surface area contributed by atoms with Crippen molar-refractivity contribution >= 4 is 39.3 Å². The van der Waals surface area contributed by atoms with Gasteiger partial charge in [-0.1, -0.05) is 18.2 Å². The number of anilines is 1. The van der Waals surface area contributed by atoms with Crippen LogP contribution in [0.4, 0.5) is 5.69 Å². The number of aryl methyl sites for hydroxylation is 1. The van der Waals surface area contributed by atoms with E-state index < -0.39 is 11.5 Å². The molecular weight excluding hydrogens is 356 g/mol. The highest BCUT2D eigenvalue weighted by atomic mass is 16.3. The van der Waals surface area contributed by atoms with Gasteiger partial charge in [0.15, 0.2) is 5.78 Å². The quantitative estimate of drug-likeness (QED) is 0.555. The van der Waals surface area contributed by atoms with Gasteiger partial charge in [-0.25, -0.2) is 0 Å². The van der Waals surface area contributed by atoms with E-state index in [2.05, 4.69) is 10.3 Å². The van der Waals surface area contributed by atoms with E-state index in [0.717, 1.165) is 16.4 Å². The SMILES string of the molecule is O=C1CCCc2[nH]c(=O)c(C(=O)Nc3ccc4c(c3)oc3ccccc34)cc21. The number of para-hydroxylation sites is 1. The van der Waals surface area contributed by atoms with Gasteiger partial charge in [-0.05, 0) is 37.1 Å². The molecule has 0 aliphatic heterocycles. The van der Waals surface area contributed by atoms with Crippen LogP contribution in [0.1, 0.15) is 39.3 Å². The minimum Gasteiger partial charge on any atom is -0.456 e. The Bertz CT molecular complexity index is 1330. The average molecular weight is 372 g/mol. The first-order valence-corrected chi connectivity index (χ1v) is 9.12. The first-order chi connectivity index (χ1) is 13.6.